The summed E-state index contributed by atoms with van der Waals surface area (Å²) in [5.41, 5.74) is 3.25. The van der Waals surface area contributed by atoms with Crippen LogP contribution in [0.5, 0.6) is 5.75 Å². The van der Waals surface area contributed by atoms with Gasteiger partial charge in [-0.25, -0.2) is 4.39 Å². The van der Waals surface area contributed by atoms with Crippen molar-refractivity contribution >= 4 is 15.9 Å². The molecular weight excluding hydrogens is 307 g/mol. The van der Waals surface area contributed by atoms with Crippen molar-refractivity contribution < 1.29 is 9.13 Å². The first kappa shape index (κ1) is 14.1. The summed E-state index contributed by atoms with van der Waals surface area (Å²) < 4.78 is 18.9. The van der Waals surface area contributed by atoms with E-state index in [-0.39, 0.29) is 5.82 Å². The van der Waals surface area contributed by atoms with E-state index in [1.807, 2.05) is 0 Å². The topological polar surface area (TPSA) is 9.23 Å². The molecule has 100 valence electrons. The Kier molecular flexibility index (Phi) is 4.97. The molecule has 2 aromatic rings. The molecule has 0 fully saturated rings. The molecule has 0 atom stereocenters. The van der Waals surface area contributed by atoms with Crippen molar-refractivity contribution in [2.45, 2.75) is 25.3 Å². The molecule has 2 rings (SSSR count). The normalized spacial score (nSPS) is 10.5. The Morgan fingerprint density at radius 2 is 1.74 bits per heavy atom. The molecule has 0 bridgehead atoms. The average Bonchev–Trinajstić information content (AvgIpc) is 2.46. The number of alkyl halides is 1. The fraction of sp³-hybridized carbons (Fsp3) is 0.250. The standard InChI is InChI=1S/C16H16BrFO/c1-2-12-3-5-13(6-4-12)11-19-16-8-7-15(18)9-14(16)10-17/h3-9H,2,10-11H2,1H3. The Balaban J connectivity index is 2.05. The first-order valence-corrected chi connectivity index (χ1v) is 7.40. The number of benzene rings is 2. The number of hydrogen-bond acceptors (Lipinski definition) is 1. The average molecular weight is 323 g/mol. The van der Waals surface area contributed by atoms with Crippen molar-refractivity contribution in [2.75, 3.05) is 0 Å². The summed E-state index contributed by atoms with van der Waals surface area (Å²) in [5, 5.41) is 0.578. The van der Waals surface area contributed by atoms with E-state index in [1.54, 1.807) is 6.07 Å². The highest BCUT2D eigenvalue weighted by molar-refractivity contribution is 9.08. The quantitative estimate of drug-likeness (QED) is 0.714. The summed E-state index contributed by atoms with van der Waals surface area (Å²) in [6.07, 6.45) is 1.03. The smallest absolute Gasteiger partial charge is 0.124 e. The first-order valence-electron chi connectivity index (χ1n) is 6.28. The Labute approximate surface area is 121 Å². The zero-order valence-electron chi connectivity index (χ0n) is 10.8. The van der Waals surface area contributed by atoms with Crippen LogP contribution >= 0.6 is 15.9 Å². The number of ether oxygens (including phenoxy) is 1. The third kappa shape index (κ3) is 3.80. The van der Waals surface area contributed by atoms with Crippen LogP contribution in [-0.2, 0) is 18.4 Å². The largest absolute Gasteiger partial charge is 0.489 e. The van der Waals surface area contributed by atoms with Crippen molar-refractivity contribution in [1.82, 2.24) is 0 Å². The van der Waals surface area contributed by atoms with E-state index >= 15 is 0 Å². The molecule has 0 saturated heterocycles. The number of halogens is 2. The molecule has 0 aromatic heterocycles. The van der Waals surface area contributed by atoms with Gasteiger partial charge in [0.05, 0.1) is 0 Å². The van der Waals surface area contributed by atoms with Gasteiger partial charge in [-0.1, -0.05) is 47.1 Å². The lowest BCUT2D eigenvalue weighted by Gasteiger charge is -2.10. The maximum Gasteiger partial charge on any atom is 0.124 e. The summed E-state index contributed by atoms with van der Waals surface area (Å²) >= 11 is 3.34. The van der Waals surface area contributed by atoms with Crippen LogP contribution in [0, 0.1) is 5.82 Å². The maximum atomic E-state index is 13.1. The second-order valence-corrected chi connectivity index (χ2v) is 4.91. The Morgan fingerprint density at radius 1 is 1.05 bits per heavy atom. The van der Waals surface area contributed by atoms with Crippen LogP contribution in [0.1, 0.15) is 23.6 Å². The summed E-state index contributed by atoms with van der Waals surface area (Å²) in [4.78, 5) is 0. The number of hydrogen-bond donors (Lipinski definition) is 0. The van der Waals surface area contributed by atoms with Crippen molar-refractivity contribution in [3.63, 3.8) is 0 Å². The van der Waals surface area contributed by atoms with E-state index in [0.717, 1.165) is 23.3 Å². The van der Waals surface area contributed by atoms with Gasteiger partial charge in [0.15, 0.2) is 0 Å². The van der Waals surface area contributed by atoms with Gasteiger partial charge in [0.1, 0.15) is 18.2 Å². The van der Waals surface area contributed by atoms with Gasteiger partial charge in [-0.15, -0.1) is 0 Å². The third-order valence-corrected chi connectivity index (χ3v) is 3.60. The predicted octanol–water partition coefficient (Wildman–Crippen LogP) is 4.86. The molecule has 0 aliphatic carbocycles. The third-order valence-electron chi connectivity index (χ3n) is 2.99. The van der Waals surface area contributed by atoms with Crippen molar-refractivity contribution in [3.05, 3.63) is 65.0 Å². The minimum Gasteiger partial charge on any atom is -0.489 e. The Bertz CT molecular complexity index is 537. The lowest BCUT2D eigenvalue weighted by Crippen LogP contribution is -1.98. The van der Waals surface area contributed by atoms with Gasteiger partial charge < -0.3 is 4.74 Å². The molecule has 19 heavy (non-hydrogen) atoms. The molecule has 3 heteroatoms. The molecule has 0 N–H and O–H groups in total. The van der Waals surface area contributed by atoms with Gasteiger partial charge in [-0.05, 0) is 35.7 Å². The molecular formula is C16H16BrFO. The molecule has 1 nitrogen and oxygen atoms in total. The summed E-state index contributed by atoms with van der Waals surface area (Å²) in [5.74, 6) is 0.479. The van der Waals surface area contributed by atoms with E-state index in [0.29, 0.717) is 11.9 Å². The number of aryl methyl sites for hydroxylation is 1. The van der Waals surface area contributed by atoms with Crippen molar-refractivity contribution in [3.8, 4) is 5.75 Å². The van der Waals surface area contributed by atoms with Crippen LogP contribution in [-0.4, -0.2) is 0 Å². The van der Waals surface area contributed by atoms with E-state index in [4.69, 9.17) is 4.74 Å². The highest BCUT2D eigenvalue weighted by Gasteiger charge is 2.04. The van der Waals surface area contributed by atoms with Crippen molar-refractivity contribution in [2.24, 2.45) is 0 Å². The zero-order chi connectivity index (χ0) is 13.7. The van der Waals surface area contributed by atoms with Gasteiger partial charge in [-0.3, -0.25) is 0 Å². The van der Waals surface area contributed by atoms with Gasteiger partial charge >= 0.3 is 0 Å². The molecule has 0 spiro atoms. The molecule has 0 radical (unpaired) electrons. The fourth-order valence-corrected chi connectivity index (χ4v) is 2.26. The van der Waals surface area contributed by atoms with E-state index in [2.05, 4.69) is 47.1 Å². The molecule has 2 aromatic carbocycles. The molecule has 0 aliphatic heterocycles. The summed E-state index contributed by atoms with van der Waals surface area (Å²) in [7, 11) is 0. The Hall–Kier alpha value is -1.35. The lowest BCUT2D eigenvalue weighted by atomic mass is 10.1. The maximum absolute atomic E-state index is 13.1. The minimum absolute atomic E-state index is 0.242. The molecule has 0 aliphatic rings. The molecule has 0 heterocycles. The minimum atomic E-state index is -0.242. The van der Waals surface area contributed by atoms with Gasteiger partial charge in [0.2, 0.25) is 0 Å². The van der Waals surface area contributed by atoms with Crippen LogP contribution in [0.3, 0.4) is 0 Å². The SMILES string of the molecule is CCc1ccc(COc2ccc(F)cc2CBr)cc1. The zero-order valence-corrected chi connectivity index (χ0v) is 12.4. The van der Waals surface area contributed by atoms with Gasteiger partial charge in [-0.2, -0.15) is 0 Å². The molecule has 0 saturated carbocycles. The summed E-state index contributed by atoms with van der Waals surface area (Å²) in [6, 6.07) is 12.9. The lowest BCUT2D eigenvalue weighted by molar-refractivity contribution is 0.303. The Morgan fingerprint density at radius 3 is 2.37 bits per heavy atom. The highest BCUT2D eigenvalue weighted by atomic mass is 79.9. The van der Waals surface area contributed by atoms with Gasteiger partial charge in [0, 0.05) is 10.9 Å². The van der Waals surface area contributed by atoms with Crippen LogP contribution in [0.25, 0.3) is 0 Å². The van der Waals surface area contributed by atoms with Crippen LogP contribution in [0.15, 0.2) is 42.5 Å². The van der Waals surface area contributed by atoms with E-state index < -0.39 is 0 Å². The van der Waals surface area contributed by atoms with E-state index in [9.17, 15) is 4.39 Å². The predicted molar refractivity (Wildman–Crippen MR) is 79.2 cm³/mol. The van der Waals surface area contributed by atoms with Gasteiger partial charge in [0.25, 0.3) is 0 Å². The summed E-state index contributed by atoms with van der Waals surface area (Å²) in [6.45, 7) is 2.63. The second kappa shape index (κ2) is 6.71. The highest BCUT2D eigenvalue weighted by Crippen LogP contribution is 2.23. The second-order valence-electron chi connectivity index (χ2n) is 4.34. The van der Waals surface area contributed by atoms with Crippen molar-refractivity contribution in [1.29, 1.82) is 0 Å². The molecule has 0 amide bonds. The van der Waals surface area contributed by atoms with E-state index in [1.165, 1.54) is 17.7 Å². The fourth-order valence-electron chi connectivity index (χ4n) is 1.83. The monoisotopic (exact) mass is 322 g/mol. The number of rotatable bonds is 5. The van der Waals surface area contributed by atoms with Crippen LogP contribution in [0.2, 0.25) is 0 Å². The first-order chi connectivity index (χ1) is 9.22. The van der Waals surface area contributed by atoms with Crippen LogP contribution < -0.4 is 4.74 Å². The van der Waals surface area contributed by atoms with Crippen LogP contribution in [0.4, 0.5) is 4.39 Å². The molecule has 0 unspecified atom stereocenters.